The highest BCUT2D eigenvalue weighted by Crippen LogP contribution is 2.33. The fourth-order valence-electron chi connectivity index (χ4n) is 3.74. The summed E-state index contributed by atoms with van der Waals surface area (Å²) in [5, 5.41) is 11.7. The van der Waals surface area contributed by atoms with Crippen LogP contribution in [0.15, 0.2) is 23.1 Å². The summed E-state index contributed by atoms with van der Waals surface area (Å²) in [5.41, 5.74) is 0.368. The van der Waals surface area contributed by atoms with Crippen LogP contribution in [0.3, 0.4) is 0 Å². The average Bonchev–Trinajstić information content (AvgIpc) is 2.86. The first-order valence-corrected chi connectivity index (χ1v) is 10.9. The Balaban J connectivity index is 1.90. The number of hydrogen-bond acceptors (Lipinski definition) is 6. The molecule has 2 saturated heterocycles. The van der Waals surface area contributed by atoms with Crippen LogP contribution < -0.4 is 4.90 Å². The van der Waals surface area contributed by atoms with Crippen molar-refractivity contribution in [3.63, 3.8) is 0 Å². The van der Waals surface area contributed by atoms with Gasteiger partial charge < -0.3 is 9.80 Å². The second-order valence-electron chi connectivity index (χ2n) is 7.64. The van der Waals surface area contributed by atoms with Gasteiger partial charge in [-0.1, -0.05) is 6.92 Å². The summed E-state index contributed by atoms with van der Waals surface area (Å²) in [7, 11) is -1.67. The van der Waals surface area contributed by atoms with Crippen molar-refractivity contribution in [2.75, 3.05) is 51.2 Å². The van der Waals surface area contributed by atoms with E-state index in [9.17, 15) is 18.5 Å². The van der Waals surface area contributed by atoms with E-state index in [1.165, 1.54) is 16.4 Å². The largest absolute Gasteiger partial charge is 0.365 e. The normalized spacial score (nSPS) is 21.2. The standard InChI is InChI=1S/C18H28N4O4S/c1-15-6-10-21(11-7-15)27(25,26)16-4-5-17(18(14-16)22(23)24)20-9-3-8-19(2)12-13-20/h4-5,14-15H,3,6-13H2,1-2H3. The lowest BCUT2D eigenvalue weighted by molar-refractivity contribution is -0.384. The molecule has 0 radical (unpaired) electrons. The SMILES string of the molecule is CC1CCN(S(=O)(=O)c2ccc(N3CCCN(C)CC3)c([N+](=O)[O-])c2)CC1. The number of rotatable bonds is 4. The van der Waals surface area contributed by atoms with Crippen molar-refractivity contribution >= 4 is 21.4 Å². The molecule has 1 aromatic carbocycles. The first-order chi connectivity index (χ1) is 12.8. The van der Waals surface area contributed by atoms with Crippen LogP contribution >= 0.6 is 0 Å². The van der Waals surface area contributed by atoms with E-state index in [0.717, 1.165) is 38.9 Å². The number of benzene rings is 1. The lowest BCUT2D eigenvalue weighted by atomic mass is 10.0. The molecule has 0 atom stereocenters. The Labute approximate surface area is 160 Å². The first-order valence-electron chi connectivity index (χ1n) is 9.51. The molecule has 0 aliphatic carbocycles. The van der Waals surface area contributed by atoms with Gasteiger partial charge in [-0.05, 0) is 50.9 Å². The smallest absolute Gasteiger partial charge is 0.293 e. The molecule has 3 rings (SSSR count). The van der Waals surface area contributed by atoms with Crippen molar-refractivity contribution in [2.45, 2.75) is 31.1 Å². The van der Waals surface area contributed by atoms with Gasteiger partial charge in [0.25, 0.3) is 5.69 Å². The number of likely N-dealkylation sites (N-methyl/N-ethyl adjacent to an activating group) is 1. The molecule has 0 amide bonds. The van der Waals surface area contributed by atoms with Crippen molar-refractivity contribution in [1.82, 2.24) is 9.21 Å². The molecule has 0 bridgehead atoms. The second kappa shape index (κ2) is 8.12. The number of hydrogen-bond donors (Lipinski definition) is 0. The highest BCUT2D eigenvalue weighted by Gasteiger charge is 2.31. The molecule has 9 heteroatoms. The van der Waals surface area contributed by atoms with Crippen LogP contribution in [-0.2, 0) is 10.0 Å². The van der Waals surface area contributed by atoms with E-state index in [1.54, 1.807) is 6.07 Å². The molecule has 0 saturated carbocycles. The Morgan fingerprint density at radius 1 is 1.07 bits per heavy atom. The number of piperidine rings is 1. The van der Waals surface area contributed by atoms with E-state index in [4.69, 9.17) is 0 Å². The van der Waals surface area contributed by atoms with Gasteiger partial charge in [0.1, 0.15) is 5.69 Å². The fourth-order valence-corrected chi connectivity index (χ4v) is 5.23. The first kappa shape index (κ1) is 20.0. The van der Waals surface area contributed by atoms with E-state index in [1.807, 2.05) is 11.9 Å². The maximum absolute atomic E-state index is 12.9. The highest BCUT2D eigenvalue weighted by atomic mass is 32.2. The summed E-state index contributed by atoms with van der Waals surface area (Å²) in [6.07, 6.45) is 2.56. The Morgan fingerprint density at radius 2 is 1.78 bits per heavy atom. The summed E-state index contributed by atoms with van der Waals surface area (Å²) >= 11 is 0. The molecular formula is C18H28N4O4S. The lowest BCUT2D eigenvalue weighted by Crippen LogP contribution is -2.38. The quantitative estimate of drug-likeness (QED) is 0.573. The van der Waals surface area contributed by atoms with Gasteiger partial charge >= 0.3 is 0 Å². The van der Waals surface area contributed by atoms with Crippen molar-refractivity contribution in [3.05, 3.63) is 28.3 Å². The topological polar surface area (TPSA) is 87.0 Å². The molecule has 0 spiro atoms. The number of sulfonamides is 1. The summed E-state index contributed by atoms with van der Waals surface area (Å²) in [5.74, 6) is 0.509. The van der Waals surface area contributed by atoms with Gasteiger partial charge in [0.2, 0.25) is 10.0 Å². The van der Waals surface area contributed by atoms with Crippen LogP contribution in [0.25, 0.3) is 0 Å². The molecule has 0 aromatic heterocycles. The molecule has 0 unspecified atom stereocenters. The van der Waals surface area contributed by atoms with Crippen LogP contribution in [0, 0.1) is 16.0 Å². The van der Waals surface area contributed by atoms with Gasteiger partial charge in [-0.2, -0.15) is 4.31 Å². The fraction of sp³-hybridized carbons (Fsp3) is 0.667. The zero-order valence-electron chi connectivity index (χ0n) is 16.0. The van der Waals surface area contributed by atoms with Gasteiger partial charge in [-0.3, -0.25) is 10.1 Å². The molecule has 0 N–H and O–H groups in total. The van der Waals surface area contributed by atoms with Crippen molar-refractivity contribution in [3.8, 4) is 0 Å². The summed E-state index contributed by atoms with van der Waals surface area (Å²) in [6.45, 7) is 6.24. The maximum Gasteiger partial charge on any atom is 0.293 e. The molecule has 1 aromatic rings. The Bertz CT molecular complexity index is 791. The number of nitrogens with zero attached hydrogens (tertiary/aromatic N) is 4. The van der Waals surface area contributed by atoms with E-state index in [2.05, 4.69) is 11.8 Å². The molecule has 2 aliphatic rings. The Hall–Kier alpha value is -1.71. The molecule has 27 heavy (non-hydrogen) atoms. The van der Waals surface area contributed by atoms with Crippen LogP contribution in [0.2, 0.25) is 0 Å². The molecular weight excluding hydrogens is 368 g/mol. The third-order valence-corrected chi connectivity index (χ3v) is 7.48. The number of anilines is 1. The van der Waals surface area contributed by atoms with E-state index in [-0.39, 0.29) is 10.6 Å². The molecule has 2 aliphatic heterocycles. The molecule has 8 nitrogen and oxygen atoms in total. The van der Waals surface area contributed by atoms with Gasteiger partial charge in [0.15, 0.2) is 0 Å². The summed E-state index contributed by atoms with van der Waals surface area (Å²) < 4.78 is 27.3. The second-order valence-corrected chi connectivity index (χ2v) is 9.58. The highest BCUT2D eigenvalue weighted by molar-refractivity contribution is 7.89. The monoisotopic (exact) mass is 396 g/mol. The molecule has 2 heterocycles. The van der Waals surface area contributed by atoms with Crippen molar-refractivity contribution < 1.29 is 13.3 Å². The maximum atomic E-state index is 12.9. The minimum atomic E-state index is -3.70. The van der Waals surface area contributed by atoms with Crippen LogP contribution in [0.5, 0.6) is 0 Å². The predicted molar refractivity (Wildman–Crippen MR) is 105 cm³/mol. The van der Waals surface area contributed by atoms with E-state index in [0.29, 0.717) is 31.2 Å². The average molecular weight is 397 g/mol. The summed E-state index contributed by atoms with van der Waals surface area (Å²) in [6, 6.07) is 4.35. The predicted octanol–water partition coefficient (Wildman–Crippen LogP) is 2.16. The van der Waals surface area contributed by atoms with Gasteiger partial charge in [0, 0.05) is 38.8 Å². The zero-order chi connectivity index (χ0) is 19.6. The van der Waals surface area contributed by atoms with E-state index < -0.39 is 14.9 Å². The minimum absolute atomic E-state index is 0.0134. The van der Waals surface area contributed by atoms with Crippen LogP contribution in [0.4, 0.5) is 11.4 Å². The van der Waals surface area contributed by atoms with Crippen molar-refractivity contribution in [1.29, 1.82) is 0 Å². The Kier molecular flexibility index (Phi) is 6.02. The number of nitro groups is 1. The third kappa shape index (κ3) is 4.41. The van der Waals surface area contributed by atoms with Crippen LogP contribution in [-0.4, -0.2) is 68.9 Å². The number of nitro benzene ring substituents is 1. The Morgan fingerprint density at radius 3 is 2.44 bits per heavy atom. The minimum Gasteiger partial charge on any atom is -0.365 e. The lowest BCUT2D eigenvalue weighted by Gasteiger charge is -2.29. The van der Waals surface area contributed by atoms with Crippen LogP contribution in [0.1, 0.15) is 26.2 Å². The molecule has 150 valence electrons. The zero-order valence-corrected chi connectivity index (χ0v) is 16.8. The summed E-state index contributed by atoms with van der Waals surface area (Å²) in [4.78, 5) is 15.4. The third-order valence-electron chi connectivity index (χ3n) is 5.58. The van der Waals surface area contributed by atoms with Gasteiger partial charge in [-0.25, -0.2) is 8.42 Å². The van der Waals surface area contributed by atoms with E-state index >= 15 is 0 Å². The van der Waals surface area contributed by atoms with Gasteiger partial charge in [0.05, 0.1) is 9.82 Å². The molecule has 2 fully saturated rings. The van der Waals surface area contributed by atoms with Crippen molar-refractivity contribution in [2.24, 2.45) is 5.92 Å². The van der Waals surface area contributed by atoms with Gasteiger partial charge in [-0.15, -0.1) is 0 Å².